The maximum Gasteiger partial charge on any atom is 0.260 e. The van der Waals surface area contributed by atoms with Crippen LogP contribution in [0.1, 0.15) is 26.9 Å². The molecule has 2 atom stereocenters. The third-order valence-electron chi connectivity index (χ3n) is 5.01. The molecule has 2 heterocycles. The molecule has 146 valence electrons. The molecule has 0 unspecified atom stereocenters. The van der Waals surface area contributed by atoms with Crippen LogP contribution in [0, 0.1) is 5.82 Å². The number of nitrogens with one attached hydrogen (secondary N) is 1. The number of ether oxygens (including phenoxy) is 2. The number of hydrogen-bond donors (Lipinski definition) is 1. The monoisotopic (exact) mass is 402 g/mol. The molecule has 0 radical (unpaired) electrons. The van der Waals surface area contributed by atoms with Gasteiger partial charge in [-0.1, -0.05) is 24.3 Å². The van der Waals surface area contributed by atoms with Crippen molar-refractivity contribution in [2.24, 2.45) is 0 Å². The van der Waals surface area contributed by atoms with Crippen molar-refractivity contribution in [3.05, 3.63) is 58.9 Å². The van der Waals surface area contributed by atoms with Crippen LogP contribution in [0.15, 0.2) is 36.4 Å². The number of carbonyl (C=O) groups excluding carboxylic acids is 2. The zero-order chi connectivity index (χ0) is 19.8. The number of thioether (sulfide) groups is 1. The first-order chi connectivity index (χ1) is 13.6. The molecule has 1 saturated heterocycles. The molecule has 0 spiro atoms. The van der Waals surface area contributed by atoms with Crippen molar-refractivity contribution in [1.29, 1.82) is 0 Å². The molecule has 0 saturated carbocycles. The minimum atomic E-state index is -0.627. The second kappa shape index (κ2) is 7.35. The number of amides is 2. The van der Waals surface area contributed by atoms with Crippen molar-refractivity contribution in [3.8, 4) is 11.5 Å². The molecule has 2 aromatic rings. The topological polar surface area (TPSA) is 67.9 Å². The van der Waals surface area contributed by atoms with E-state index in [2.05, 4.69) is 5.32 Å². The smallest absolute Gasteiger partial charge is 0.260 e. The number of rotatable bonds is 5. The number of nitrogens with zero attached hydrogens (tertiary/aromatic N) is 1. The van der Waals surface area contributed by atoms with E-state index in [1.54, 1.807) is 29.2 Å². The number of carbonyl (C=O) groups is 2. The summed E-state index contributed by atoms with van der Waals surface area (Å²) in [5.74, 6) is 0.403. The lowest BCUT2D eigenvalue weighted by molar-refractivity contribution is -0.124. The Morgan fingerprint density at radius 3 is 2.75 bits per heavy atom. The molecular weight excluding hydrogens is 383 g/mol. The van der Waals surface area contributed by atoms with Gasteiger partial charge in [-0.05, 0) is 12.1 Å². The van der Waals surface area contributed by atoms with Crippen LogP contribution in [0.4, 0.5) is 4.39 Å². The number of fused-ring (bicyclic) bond motifs is 3. The van der Waals surface area contributed by atoms with Gasteiger partial charge in [0.05, 0.1) is 19.8 Å². The molecule has 2 aromatic carbocycles. The molecule has 2 aliphatic rings. The first-order valence-corrected chi connectivity index (χ1v) is 9.82. The highest BCUT2D eigenvalue weighted by molar-refractivity contribution is 7.99. The first-order valence-electron chi connectivity index (χ1n) is 8.77. The number of halogens is 1. The van der Waals surface area contributed by atoms with Gasteiger partial charge in [0.2, 0.25) is 5.91 Å². The van der Waals surface area contributed by atoms with Crippen LogP contribution in [0.25, 0.3) is 0 Å². The molecule has 2 aliphatic heterocycles. The van der Waals surface area contributed by atoms with Crippen molar-refractivity contribution >= 4 is 23.6 Å². The summed E-state index contributed by atoms with van der Waals surface area (Å²) in [7, 11) is 3.00. The largest absolute Gasteiger partial charge is 0.493 e. The molecule has 0 aromatic heterocycles. The fraction of sp³-hybridized carbons (Fsp3) is 0.300. The summed E-state index contributed by atoms with van der Waals surface area (Å²) in [5.41, 5.74) is 1.66. The second-order valence-corrected chi connectivity index (χ2v) is 7.60. The van der Waals surface area contributed by atoms with Gasteiger partial charge >= 0.3 is 0 Å². The van der Waals surface area contributed by atoms with E-state index >= 15 is 0 Å². The quantitative estimate of drug-likeness (QED) is 0.833. The third kappa shape index (κ3) is 2.88. The van der Waals surface area contributed by atoms with Crippen molar-refractivity contribution < 1.29 is 23.5 Å². The Balaban J connectivity index is 1.56. The average Bonchev–Trinajstić information content (AvgIpc) is 3.26. The van der Waals surface area contributed by atoms with Crippen LogP contribution in [-0.2, 0) is 11.3 Å². The van der Waals surface area contributed by atoms with Crippen LogP contribution < -0.4 is 14.8 Å². The van der Waals surface area contributed by atoms with E-state index in [9.17, 15) is 14.0 Å². The predicted molar refractivity (Wildman–Crippen MR) is 103 cm³/mol. The van der Waals surface area contributed by atoms with Crippen LogP contribution in [0.3, 0.4) is 0 Å². The Hall–Kier alpha value is -2.74. The molecule has 0 bridgehead atoms. The Bertz CT molecular complexity index is 952. The third-order valence-corrected chi connectivity index (χ3v) is 6.31. The molecule has 2 amide bonds. The molecule has 0 aliphatic carbocycles. The summed E-state index contributed by atoms with van der Waals surface area (Å²) < 4.78 is 24.5. The van der Waals surface area contributed by atoms with E-state index in [0.29, 0.717) is 28.4 Å². The lowest BCUT2D eigenvalue weighted by Gasteiger charge is -2.22. The van der Waals surface area contributed by atoms with Gasteiger partial charge in [0.15, 0.2) is 11.5 Å². The van der Waals surface area contributed by atoms with Gasteiger partial charge in [0.1, 0.15) is 17.2 Å². The van der Waals surface area contributed by atoms with Gasteiger partial charge in [-0.15, -0.1) is 11.8 Å². The minimum Gasteiger partial charge on any atom is -0.493 e. The second-order valence-electron chi connectivity index (χ2n) is 6.49. The summed E-state index contributed by atoms with van der Waals surface area (Å²) in [6, 6.07) is 9.26. The molecule has 8 heteroatoms. The van der Waals surface area contributed by atoms with E-state index < -0.39 is 6.04 Å². The van der Waals surface area contributed by atoms with Gasteiger partial charge in [-0.2, -0.15) is 0 Å². The van der Waals surface area contributed by atoms with Crippen molar-refractivity contribution in [3.63, 3.8) is 0 Å². The highest BCUT2D eigenvalue weighted by Gasteiger charge is 2.50. The van der Waals surface area contributed by atoms with E-state index in [-0.39, 0.29) is 29.6 Å². The average molecular weight is 402 g/mol. The van der Waals surface area contributed by atoms with Crippen LogP contribution in [-0.4, -0.2) is 42.7 Å². The van der Waals surface area contributed by atoms with Gasteiger partial charge in [0, 0.05) is 23.4 Å². The van der Waals surface area contributed by atoms with Crippen molar-refractivity contribution in [2.75, 3.05) is 20.0 Å². The van der Waals surface area contributed by atoms with Gasteiger partial charge in [-0.25, -0.2) is 4.39 Å². The fourth-order valence-electron chi connectivity index (χ4n) is 3.64. The Morgan fingerprint density at radius 2 is 2.04 bits per heavy atom. The van der Waals surface area contributed by atoms with Crippen LogP contribution >= 0.6 is 11.8 Å². The van der Waals surface area contributed by atoms with Crippen LogP contribution in [0.2, 0.25) is 0 Å². The van der Waals surface area contributed by atoms with Crippen LogP contribution in [0.5, 0.6) is 11.5 Å². The summed E-state index contributed by atoms with van der Waals surface area (Å²) in [4.78, 5) is 27.4. The molecule has 4 rings (SSSR count). The lowest BCUT2D eigenvalue weighted by Crippen LogP contribution is -2.45. The van der Waals surface area contributed by atoms with Gasteiger partial charge < -0.3 is 19.7 Å². The van der Waals surface area contributed by atoms with Crippen molar-refractivity contribution in [1.82, 2.24) is 10.2 Å². The Labute approximate surface area is 166 Å². The summed E-state index contributed by atoms with van der Waals surface area (Å²) >= 11 is 1.53. The van der Waals surface area contributed by atoms with Gasteiger partial charge in [0.25, 0.3) is 5.91 Å². The van der Waals surface area contributed by atoms with Gasteiger partial charge in [-0.3, -0.25) is 9.59 Å². The molecule has 1 fully saturated rings. The maximum atomic E-state index is 13.8. The van der Waals surface area contributed by atoms with Crippen molar-refractivity contribution in [2.45, 2.75) is 18.0 Å². The SMILES string of the molecule is COc1ccc2c(c1OC)C(=O)N1[C@@H](C(=O)NCc3ccccc3F)CS[C@@H]21. The first kappa shape index (κ1) is 18.6. The van der Waals surface area contributed by atoms with E-state index in [1.807, 2.05) is 6.07 Å². The number of methoxy groups -OCH3 is 2. The lowest BCUT2D eigenvalue weighted by atomic mass is 10.1. The predicted octanol–water partition coefficient (Wildman–Crippen LogP) is 2.73. The molecule has 1 N–H and O–H groups in total. The zero-order valence-corrected chi connectivity index (χ0v) is 16.2. The number of benzene rings is 2. The summed E-state index contributed by atoms with van der Waals surface area (Å²) in [6.45, 7) is 0.0729. The normalized spacial score (nSPS) is 20.0. The standard InChI is InChI=1S/C20H19FN2O4S/c1-26-15-8-7-12-16(17(15)27-2)19(25)23-14(10-28-20(12)23)18(24)22-9-11-5-3-4-6-13(11)21/h3-8,14,20H,9-10H2,1-2H3,(H,22,24)/t14-,20+/m1/s1. The molecular formula is C20H19FN2O4S. The Kier molecular flexibility index (Phi) is 4.89. The highest BCUT2D eigenvalue weighted by Crippen LogP contribution is 2.52. The zero-order valence-electron chi connectivity index (χ0n) is 15.4. The minimum absolute atomic E-state index is 0.0729. The summed E-state index contributed by atoms with van der Waals surface area (Å²) in [6.07, 6.45) is 0. The van der Waals surface area contributed by atoms with E-state index in [0.717, 1.165) is 5.56 Å². The maximum absolute atomic E-state index is 13.8. The Morgan fingerprint density at radius 1 is 1.25 bits per heavy atom. The fourth-order valence-corrected chi connectivity index (χ4v) is 5.09. The van der Waals surface area contributed by atoms with E-state index in [1.165, 1.54) is 32.0 Å². The van der Waals surface area contributed by atoms with E-state index in [4.69, 9.17) is 9.47 Å². The summed E-state index contributed by atoms with van der Waals surface area (Å²) in [5, 5.41) is 2.51. The molecule has 28 heavy (non-hydrogen) atoms. The highest BCUT2D eigenvalue weighted by atomic mass is 32.2. The molecule has 6 nitrogen and oxygen atoms in total. The number of hydrogen-bond acceptors (Lipinski definition) is 5.